The third kappa shape index (κ3) is 5.53. The molecule has 0 saturated carbocycles. The molecule has 1 atom stereocenters. The first kappa shape index (κ1) is 24.7. The maximum Gasteiger partial charge on any atom is 0.246 e. The van der Waals surface area contributed by atoms with E-state index in [0.29, 0.717) is 22.6 Å². The first-order valence-corrected chi connectivity index (χ1v) is 13.8. The SMILES string of the molecule is CN1CCC(Cc2ccc(C(=N)c3cc(NC(=O)C(c4ccsc4)N4CCC4)ccc3N)cc2)CC1. The molecule has 2 aliphatic rings. The van der Waals surface area contributed by atoms with E-state index in [1.54, 1.807) is 17.4 Å². The van der Waals surface area contributed by atoms with Crippen LogP contribution in [0.3, 0.4) is 0 Å². The summed E-state index contributed by atoms with van der Waals surface area (Å²) in [6, 6.07) is 15.5. The van der Waals surface area contributed by atoms with Crippen LogP contribution < -0.4 is 11.1 Å². The lowest BCUT2D eigenvalue weighted by atomic mass is 9.89. The second-order valence-corrected chi connectivity index (χ2v) is 10.9. The first-order valence-electron chi connectivity index (χ1n) is 12.8. The van der Waals surface area contributed by atoms with E-state index >= 15 is 0 Å². The summed E-state index contributed by atoms with van der Waals surface area (Å²) in [5, 5.41) is 16.0. The van der Waals surface area contributed by atoms with Crippen molar-refractivity contribution in [3.05, 3.63) is 81.5 Å². The normalized spacial score (nSPS) is 17.9. The summed E-state index contributed by atoms with van der Waals surface area (Å²) in [4.78, 5) is 17.9. The van der Waals surface area contributed by atoms with E-state index in [4.69, 9.17) is 11.1 Å². The highest BCUT2D eigenvalue weighted by Crippen LogP contribution is 2.30. The number of nitrogens with one attached hydrogen (secondary N) is 2. The highest BCUT2D eigenvalue weighted by Gasteiger charge is 2.31. The van der Waals surface area contributed by atoms with Gasteiger partial charge in [0.2, 0.25) is 5.91 Å². The predicted octanol–water partition coefficient (Wildman–Crippen LogP) is 5.02. The van der Waals surface area contributed by atoms with Crippen LogP contribution in [0.2, 0.25) is 0 Å². The first-order chi connectivity index (χ1) is 17.5. The molecule has 3 heterocycles. The van der Waals surface area contributed by atoms with E-state index in [-0.39, 0.29) is 11.9 Å². The zero-order chi connectivity index (χ0) is 25.1. The predicted molar refractivity (Wildman–Crippen MR) is 149 cm³/mol. The van der Waals surface area contributed by atoms with Crippen LogP contribution in [0, 0.1) is 11.3 Å². The molecule has 36 heavy (non-hydrogen) atoms. The number of hydrogen-bond donors (Lipinski definition) is 3. The molecule has 4 N–H and O–H groups in total. The van der Waals surface area contributed by atoms with Crippen LogP contribution in [-0.2, 0) is 11.2 Å². The van der Waals surface area contributed by atoms with E-state index < -0.39 is 0 Å². The van der Waals surface area contributed by atoms with Crippen molar-refractivity contribution in [2.24, 2.45) is 5.92 Å². The number of hydrogen-bond acceptors (Lipinski definition) is 6. The third-order valence-electron chi connectivity index (χ3n) is 7.56. The summed E-state index contributed by atoms with van der Waals surface area (Å²) in [7, 11) is 2.19. The Balaban J connectivity index is 1.28. The summed E-state index contributed by atoms with van der Waals surface area (Å²) in [5.41, 5.74) is 11.6. The van der Waals surface area contributed by atoms with Crippen molar-refractivity contribution in [2.45, 2.75) is 31.7 Å². The number of anilines is 2. The second kappa shape index (κ2) is 10.9. The number of rotatable bonds is 8. The average molecular weight is 502 g/mol. The van der Waals surface area contributed by atoms with Crippen LogP contribution >= 0.6 is 11.3 Å². The summed E-state index contributed by atoms with van der Waals surface area (Å²) >= 11 is 1.61. The van der Waals surface area contributed by atoms with Crippen LogP contribution in [0.4, 0.5) is 11.4 Å². The molecule has 0 radical (unpaired) electrons. The van der Waals surface area contributed by atoms with Gasteiger partial charge in [-0.2, -0.15) is 11.3 Å². The maximum absolute atomic E-state index is 13.3. The average Bonchev–Trinajstić information content (AvgIpc) is 3.38. The molecule has 6 nitrogen and oxygen atoms in total. The number of piperidine rings is 1. The number of thiophene rings is 1. The monoisotopic (exact) mass is 501 g/mol. The Bertz CT molecular complexity index is 1190. The van der Waals surface area contributed by atoms with Gasteiger partial charge in [-0.25, -0.2) is 0 Å². The summed E-state index contributed by atoms with van der Waals surface area (Å²) in [6.45, 7) is 4.20. The van der Waals surface area contributed by atoms with E-state index in [1.165, 1.54) is 31.5 Å². The zero-order valence-corrected chi connectivity index (χ0v) is 21.7. The van der Waals surface area contributed by atoms with Gasteiger partial charge in [0.25, 0.3) is 0 Å². The molecule has 1 aromatic heterocycles. The molecular weight excluding hydrogens is 466 g/mol. The van der Waals surface area contributed by atoms with Crippen LogP contribution in [-0.4, -0.2) is 54.6 Å². The Morgan fingerprint density at radius 1 is 1.11 bits per heavy atom. The fourth-order valence-corrected chi connectivity index (χ4v) is 5.86. The standard InChI is InChI=1S/C29H35N5OS/c1-33-14-9-21(10-15-33)17-20-3-5-22(6-4-20)27(31)25-18-24(7-8-26(25)30)32-29(35)28(34-12-2-13-34)23-11-16-36-19-23/h3-8,11,16,18-19,21,28,31H,2,9-10,12-15,17,30H2,1H3,(H,32,35). The number of benzene rings is 2. The van der Waals surface area contributed by atoms with Crippen molar-refractivity contribution in [1.82, 2.24) is 9.80 Å². The molecule has 5 rings (SSSR count). The van der Waals surface area contributed by atoms with Crippen LogP contribution in [0.5, 0.6) is 0 Å². The molecular formula is C29H35N5OS. The van der Waals surface area contributed by atoms with Gasteiger partial charge in [0.15, 0.2) is 0 Å². The number of nitrogen functional groups attached to an aromatic ring is 1. The minimum atomic E-state index is -0.289. The van der Waals surface area contributed by atoms with Gasteiger partial charge in [-0.05, 0) is 97.9 Å². The van der Waals surface area contributed by atoms with Crippen molar-refractivity contribution < 1.29 is 4.79 Å². The van der Waals surface area contributed by atoms with E-state index in [0.717, 1.165) is 43.0 Å². The quantitative estimate of drug-likeness (QED) is 0.299. The molecule has 188 valence electrons. The lowest BCUT2D eigenvalue weighted by Gasteiger charge is -2.37. The number of amides is 1. The second-order valence-electron chi connectivity index (χ2n) is 10.2. The van der Waals surface area contributed by atoms with Gasteiger partial charge in [0.1, 0.15) is 6.04 Å². The number of nitrogens with two attached hydrogens (primary N) is 1. The third-order valence-corrected chi connectivity index (χ3v) is 8.26. The smallest absolute Gasteiger partial charge is 0.246 e. The molecule has 2 saturated heterocycles. The van der Waals surface area contributed by atoms with Crippen molar-refractivity contribution in [3.63, 3.8) is 0 Å². The Morgan fingerprint density at radius 2 is 1.86 bits per heavy atom. The number of likely N-dealkylation sites (tertiary alicyclic amines) is 2. The van der Waals surface area contributed by atoms with Crippen molar-refractivity contribution >= 4 is 34.3 Å². The largest absolute Gasteiger partial charge is 0.398 e. The highest BCUT2D eigenvalue weighted by molar-refractivity contribution is 7.08. The summed E-state index contributed by atoms with van der Waals surface area (Å²) in [6.07, 6.45) is 4.70. The molecule has 2 aliphatic heterocycles. The van der Waals surface area contributed by atoms with Gasteiger partial charge >= 0.3 is 0 Å². The molecule has 0 bridgehead atoms. The number of carbonyl (C=O) groups is 1. The topological polar surface area (TPSA) is 85.5 Å². The molecule has 1 amide bonds. The minimum Gasteiger partial charge on any atom is -0.398 e. The van der Waals surface area contributed by atoms with Crippen molar-refractivity contribution in [3.8, 4) is 0 Å². The van der Waals surface area contributed by atoms with Crippen LogP contribution in [0.1, 0.15) is 47.6 Å². The van der Waals surface area contributed by atoms with Gasteiger partial charge in [-0.15, -0.1) is 0 Å². The Hall–Kier alpha value is -3.00. The Morgan fingerprint density at radius 3 is 2.50 bits per heavy atom. The molecule has 2 fully saturated rings. The van der Waals surface area contributed by atoms with Crippen LogP contribution in [0.25, 0.3) is 0 Å². The molecule has 2 aromatic carbocycles. The molecule has 7 heteroatoms. The van der Waals surface area contributed by atoms with E-state index in [1.807, 2.05) is 41.1 Å². The maximum atomic E-state index is 13.3. The molecule has 1 unspecified atom stereocenters. The fraction of sp³-hybridized carbons (Fsp3) is 0.379. The summed E-state index contributed by atoms with van der Waals surface area (Å²) in [5.74, 6) is 0.685. The molecule has 3 aromatic rings. The Kier molecular flexibility index (Phi) is 7.51. The highest BCUT2D eigenvalue weighted by atomic mass is 32.1. The number of nitrogens with zero attached hydrogens (tertiary/aromatic N) is 2. The van der Waals surface area contributed by atoms with Gasteiger partial charge in [-0.3, -0.25) is 15.1 Å². The van der Waals surface area contributed by atoms with E-state index in [2.05, 4.69) is 34.3 Å². The van der Waals surface area contributed by atoms with Crippen molar-refractivity contribution in [2.75, 3.05) is 44.3 Å². The minimum absolute atomic E-state index is 0.0476. The lowest BCUT2D eigenvalue weighted by molar-refractivity contribution is -0.123. The lowest BCUT2D eigenvalue weighted by Crippen LogP contribution is -2.45. The molecule has 0 aliphatic carbocycles. The fourth-order valence-electron chi connectivity index (χ4n) is 5.18. The number of carbonyl (C=O) groups excluding carboxylic acids is 1. The van der Waals surface area contributed by atoms with Gasteiger partial charge < -0.3 is 16.0 Å². The van der Waals surface area contributed by atoms with Crippen molar-refractivity contribution in [1.29, 1.82) is 5.41 Å². The van der Waals surface area contributed by atoms with Gasteiger partial charge in [0, 0.05) is 35.6 Å². The Labute approximate surface area is 217 Å². The van der Waals surface area contributed by atoms with Gasteiger partial charge in [0.05, 0.1) is 5.71 Å². The van der Waals surface area contributed by atoms with Crippen LogP contribution in [0.15, 0.2) is 59.3 Å². The van der Waals surface area contributed by atoms with E-state index in [9.17, 15) is 4.79 Å². The zero-order valence-electron chi connectivity index (χ0n) is 20.9. The molecule has 0 spiro atoms. The summed E-state index contributed by atoms with van der Waals surface area (Å²) < 4.78 is 0. The van der Waals surface area contributed by atoms with Gasteiger partial charge in [-0.1, -0.05) is 24.3 Å².